The SMILES string of the molecule is C.COc1ccc(NCC(C)(C)C)c(OC)c1OC. The van der Waals surface area contributed by atoms with Gasteiger partial charge in [-0.1, -0.05) is 28.2 Å². The third-order valence-corrected chi connectivity index (χ3v) is 2.51. The summed E-state index contributed by atoms with van der Waals surface area (Å²) in [5.74, 6) is 1.94. The van der Waals surface area contributed by atoms with Crippen LogP contribution in [-0.4, -0.2) is 27.9 Å². The van der Waals surface area contributed by atoms with Crippen molar-refractivity contribution in [2.45, 2.75) is 28.2 Å². The van der Waals surface area contributed by atoms with Crippen LogP contribution < -0.4 is 19.5 Å². The number of ether oxygens (including phenoxy) is 3. The molecule has 1 aromatic rings. The Morgan fingerprint density at radius 2 is 1.53 bits per heavy atom. The average Bonchev–Trinajstić information content (AvgIpc) is 2.33. The lowest BCUT2D eigenvalue weighted by molar-refractivity contribution is 0.325. The standard InChI is InChI=1S/C14H23NO3.CH4/c1-14(2,3)9-15-10-7-8-11(16-4)13(18-6)12(10)17-5;/h7-8,15H,9H2,1-6H3;1H4. The van der Waals surface area contributed by atoms with E-state index in [1.165, 1.54) is 0 Å². The van der Waals surface area contributed by atoms with Gasteiger partial charge in [-0.25, -0.2) is 0 Å². The van der Waals surface area contributed by atoms with E-state index in [0.717, 1.165) is 12.2 Å². The molecule has 0 saturated heterocycles. The van der Waals surface area contributed by atoms with Gasteiger partial charge in [-0.3, -0.25) is 0 Å². The first-order chi connectivity index (χ1) is 8.42. The monoisotopic (exact) mass is 269 g/mol. The van der Waals surface area contributed by atoms with Crippen LogP contribution in [0.2, 0.25) is 0 Å². The van der Waals surface area contributed by atoms with E-state index < -0.39 is 0 Å². The van der Waals surface area contributed by atoms with Crippen LogP contribution in [0.25, 0.3) is 0 Å². The zero-order chi connectivity index (χ0) is 13.8. The van der Waals surface area contributed by atoms with Gasteiger partial charge in [0.15, 0.2) is 11.5 Å². The van der Waals surface area contributed by atoms with E-state index in [4.69, 9.17) is 14.2 Å². The summed E-state index contributed by atoms with van der Waals surface area (Å²) in [4.78, 5) is 0. The van der Waals surface area contributed by atoms with E-state index in [-0.39, 0.29) is 12.8 Å². The molecule has 4 nitrogen and oxygen atoms in total. The van der Waals surface area contributed by atoms with Crippen LogP contribution in [0.4, 0.5) is 5.69 Å². The number of benzene rings is 1. The van der Waals surface area contributed by atoms with Crippen LogP contribution in [0.5, 0.6) is 17.2 Å². The molecule has 0 fully saturated rings. The maximum Gasteiger partial charge on any atom is 0.205 e. The molecule has 0 heterocycles. The maximum absolute atomic E-state index is 5.41. The van der Waals surface area contributed by atoms with E-state index in [9.17, 15) is 0 Å². The normalized spacial score (nSPS) is 10.4. The number of hydrogen-bond acceptors (Lipinski definition) is 4. The average molecular weight is 269 g/mol. The van der Waals surface area contributed by atoms with Crippen molar-refractivity contribution in [2.24, 2.45) is 5.41 Å². The summed E-state index contributed by atoms with van der Waals surface area (Å²) in [6.45, 7) is 7.37. The number of methoxy groups -OCH3 is 3. The Labute approximate surface area is 117 Å². The largest absolute Gasteiger partial charge is 0.493 e. The van der Waals surface area contributed by atoms with Crippen molar-refractivity contribution >= 4 is 5.69 Å². The highest BCUT2D eigenvalue weighted by Gasteiger charge is 2.17. The van der Waals surface area contributed by atoms with Gasteiger partial charge in [-0.05, 0) is 17.5 Å². The minimum Gasteiger partial charge on any atom is -0.493 e. The number of nitrogens with one attached hydrogen (secondary N) is 1. The molecular formula is C15H27NO3. The van der Waals surface area contributed by atoms with Crippen LogP contribution in [0.15, 0.2) is 12.1 Å². The highest BCUT2D eigenvalue weighted by molar-refractivity contribution is 5.68. The van der Waals surface area contributed by atoms with Gasteiger partial charge in [0, 0.05) is 6.54 Å². The van der Waals surface area contributed by atoms with Gasteiger partial charge in [0.05, 0.1) is 27.0 Å². The Kier molecular flexibility index (Phi) is 6.53. The summed E-state index contributed by atoms with van der Waals surface area (Å²) < 4.78 is 16.0. The molecule has 110 valence electrons. The molecule has 0 saturated carbocycles. The predicted octanol–water partition coefficient (Wildman–Crippen LogP) is 3.81. The second-order valence-corrected chi connectivity index (χ2v) is 5.30. The lowest BCUT2D eigenvalue weighted by Crippen LogP contribution is -2.19. The first-order valence-electron chi connectivity index (χ1n) is 5.95. The number of rotatable bonds is 5. The molecule has 1 N–H and O–H groups in total. The second kappa shape index (κ2) is 7.12. The fourth-order valence-electron chi connectivity index (χ4n) is 1.60. The molecule has 1 aromatic carbocycles. The van der Waals surface area contributed by atoms with Crippen LogP contribution in [-0.2, 0) is 0 Å². The molecule has 0 aromatic heterocycles. The van der Waals surface area contributed by atoms with Crippen molar-refractivity contribution < 1.29 is 14.2 Å². The summed E-state index contributed by atoms with van der Waals surface area (Å²) in [6.07, 6.45) is 0. The Hall–Kier alpha value is -1.58. The fraction of sp³-hybridized carbons (Fsp3) is 0.600. The Morgan fingerprint density at radius 1 is 0.947 bits per heavy atom. The summed E-state index contributed by atoms with van der Waals surface area (Å²) >= 11 is 0. The van der Waals surface area contributed by atoms with Gasteiger partial charge in [-0.15, -0.1) is 0 Å². The van der Waals surface area contributed by atoms with Crippen molar-refractivity contribution in [1.82, 2.24) is 0 Å². The van der Waals surface area contributed by atoms with Crippen molar-refractivity contribution in [3.8, 4) is 17.2 Å². The molecule has 0 unspecified atom stereocenters. The second-order valence-electron chi connectivity index (χ2n) is 5.30. The summed E-state index contributed by atoms with van der Waals surface area (Å²) in [7, 11) is 4.84. The van der Waals surface area contributed by atoms with Gasteiger partial charge in [-0.2, -0.15) is 0 Å². The number of anilines is 1. The first kappa shape index (κ1) is 17.4. The lowest BCUT2D eigenvalue weighted by Gasteiger charge is -2.22. The minimum atomic E-state index is 0. The zero-order valence-corrected chi connectivity index (χ0v) is 12.1. The molecule has 0 aliphatic carbocycles. The van der Waals surface area contributed by atoms with E-state index in [1.54, 1.807) is 21.3 Å². The Bertz CT molecular complexity index is 397. The van der Waals surface area contributed by atoms with Crippen molar-refractivity contribution in [3.63, 3.8) is 0 Å². The van der Waals surface area contributed by atoms with E-state index in [0.29, 0.717) is 17.2 Å². The third kappa shape index (κ3) is 4.54. The summed E-state index contributed by atoms with van der Waals surface area (Å²) in [5, 5.41) is 3.37. The minimum absolute atomic E-state index is 0. The zero-order valence-electron chi connectivity index (χ0n) is 12.1. The third-order valence-electron chi connectivity index (χ3n) is 2.51. The molecule has 0 aliphatic rings. The first-order valence-corrected chi connectivity index (χ1v) is 5.95. The molecule has 0 amide bonds. The Morgan fingerprint density at radius 3 is 1.95 bits per heavy atom. The molecule has 4 heteroatoms. The van der Waals surface area contributed by atoms with Crippen LogP contribution >= 0.6 is 0 Å². The number of hydrogen-bond donors (Lipinski definition) is 1. The highest BCUT2D eigenvalue weighted by atomic mass is 16.5. The van der Waals surface area contributed by atoms with Crippen molar-refractivity contribution in [3.05, 3.63) is 12.1 Å². The highest BCUT2D eigenvalue weighted by Crippen LogP contribution is 2.42. The van der Waals surface area contributed by atoms with Gasteiger partial charge >= 0.3 is 0 Å². The molecule has 0 radical (unpaired) electrons. The van der Waals surface area contributed by atoms with Gasteiger partial charge in [0.1, 0.15) is 0 Å². The summed E-state index contributed by atoms with van der Waals surface area (Å²) in [6, 6.07) is 3.80. The topological polar surface area (TPSA) is 39.7 Å². The van der Waals surface area contributed by atoms with E-state index >= 15 is 0 Å². The Balaban J connectivity index is 0.00000324. The van der Waals surface area contributed by atoms with E-state index in [2.05, 4.69) is 26.1 Å². The fourth-order valence-corrected chi connectivity index (χ4v) is 1.60. The smallest absolute Gasteiger partial charge is 0.205 e. The molecule has 0 spiro atoms. The predicted molar refractivity (Wildman–Crippen MR) is 80.8 cm³/mol. The van der Waals surface area contributed by atoms with Crippen molar-refractivity contribution in [1.29, 1.82) is 0 Å². The van der Waals surface area contributed by atoms with Gasteiger partial charge < -0.3 is 19.5 Å². The molecular weight excluding hydrogens is 242 g/mol. The molecule has 0 atom stereocenters. The quantitative estimate of drug-likeness (QED) is 0.882. The maximum atomic E-state index is 5.41. The molecule has 1 rings (SSSR count). The molecule has 0 bridgehead atoms. The molecule has 0 aliphatic heterocycles. The van der Waals surface area contributed by atoms with Crippen LogP contribution in [0.3, 0.4) is 0 Å². The lowest BCUT2D eigenvalue weighted by atomic mass is 9.97. The van der Waals surface area contributed by atoms with E-state index in [1.807, 2.05) is 12.1 Å². The van der Waals surface area contributed by atoms with Gasteiger partial charge in [0.2, 0.25) is 5.75 Å². The molecule has 19 heavy (non-hydrogen) atoms. The summed E-state index contributed by atoms with van der Waals surface area (Å²) in [5.41, 5.74) is 1.10. The van der Waals surface area contributed by atoms with Gasteiger partial charge in [0.25, 0.3) is 0 Å². The van der Waals surface area contributed by atoms with Crippen LogP contribution in [0.1, 0.15) is 28.2 Å². The van der Waals surface area contributed by atoms with Crippen LogP contribution in [0, 0.1) is 5.41 Å². The van der Waals surface area contributed by atoms with Crippen molar-refractivity contribution in [2.75, 3.05) is 33.2 Å².